The normalized spacial score (nSPS) is 11.8. The molecule has 2 aromatic carbocycles. The number of nitrogens with one attached hydrogen (secondary N) is 1. The SMILES string of the molecule is COc1ccc(CNC(=O)C(C)Sc2ccccc2Cl)cc1. The van der Waals surface area contributed by atoms with E-state index in [-0.39, 0.29) is 11.2 Å². The molecule has 0 heterocycles. The van der Waals surface area contributed by atoms with Gasteiger partial charge in [-0.05, 0) is 36.8 Å². The number of benzene rings is 2. The molecule has 116 valence electrons. The maximum Gasteiger partial charge on any atom is 0.233 e. The zero-order chi connectivity index (χ0) is 15.9. The second-order valence-electron chi connectivity index (χ2n) is 4.76. The van der Waals surface area contributed by atoms with Gasteiger partial charge in [-0.1, -0.05) is 35.9 Å². The monoisotopic (exact) mass is 335 g/mol. The molecule has 5 heteroatoms. The zero-order valence-corrected chi connectivity index (χ0v) is 14.1. The second kappa shape index (κ2) is 8.11. The molecule has 1 unspecified atom stereocenters. The van der Waals surface area contributed by atoms with Crippen molar-refractivity contribution in [1.29, 1.82) is 0 Å². The van der Waals surface area contributed by atoms with Crippen molar-refractivity contribution in [1.82, 2.24) is 5.32 Å². The van der Waals surface area contributed by atoms with E-state index in [2.05, 4.69) is 5.32 Å². The van der Waals surface area contributed by atoms with Crippen LogP contribution in [0.1, 0.15) is 12.5 Å². The molecule has 0 fully saturated rings. The highest BCUT2D eigenvalue weighted by Gasteiger charge is 2.15. The van der Waals surface area contributed by atoms with Gasteiger partial charge in [-0.25, -0.2) is 0 Å². The predicted molar refractivity (Wildman–Crippen MR) is 91.6 cm³/mol. The van der Waals surface area contributed by atoms with Gasteiger partial charge in [0.15, 0.2) is 0 Å². The Balaban J connectivity index is 1.87. The number of methoxy groups -OCH3 is 1. The molecule has 0 radical (unpaired) electrons. The molecule has 0 aliphatic rings. The maximum atomic E-state index is 12.2. The van der Waals surface area contributed by atoms with Crippen molar-refractivity contribution in [2.45, 2.75) is 23.6 Å². The molecule has 0 saturated heterocycles. The van der Waals surface area contributed by atoms with Crippen LogP contribution in [0.4, 0.5) is 0 Å². The average molecular weight is 336 g/mol. The average Bonchev–Trinajstić information content (AvgIpc) is 2.55. The van der Waals surface area contributed by atoms with Crippen LogP contribution in [-0.2, 0) is 11.3 Å². The van der Waals surface area contributed by atoms with Gasteiger partial charge in [0, 0.05) is 11.4 Å². The summed E-state index contributed by atoms with van der Waals surface area (Å²) in [6, 6.07) is 15.2. The number of rotatable bonds is 6. The molecule has 0 spiro atoms. The fourth-order valence-corrected chi connectivity index (χ4v) is 3.04. The summed E-state index contributed by atoms with van der Waals surface area (Å²) in [4.78, 5) is 13.1. The molecule has 3 nitrogen and oxygen atoms in total. The lowest BCUT2D eigenvalue weighted by Crippen LogP contribution is -2.30. The summed E-state index contributed by atoms with van der Waals surface area (Å²) in [6.45, 7) is 2.37. The van der Waals surface area contributed by atoms with Gasteiger partial charge in [0.2, 0.25) is 5.91 Å². The Hall–Kier alpha value is -1.65. The van der Waals surface area contributed by atoms with E-state index in [1.807, 2.05) is 55.5 Å². The summed E-state index contributed by atoms with van der Waals surface area (Å²) >= 11 is 7.57. The van der Waals surface area contributed by atoms with Crippen LogP contribution in [-0.4, -0.2) is 18.3 Å². The lowest BCUT2D eigenvalue weighted by atomic mass is 10.2. The quantitative estimate of drug-likeness (QED) is 0.806. The number of carbonyl (C=O) groups excluding carboxylic acids is 1. The molecular weight excluding hydrogens is 318 g/mol. The van der Waals surface area contributed by atoms with E-state index in [1.165, 1.54) is 11.8 Å². The van der Waals surface area contributed by atoms with Crippen LogP contribution in [0.2, 0.25) is 5.02 Å². The molecule has 0 saturated carbocycles. The molecule has 0 aliphatic carbocycles. The predicted octanol–water partition coefficient (Wildman–Crippen LogP) is 4.15. The Labute approximate surface area is 140 Å². The third kappa shape index (κ3) is 4.68. The topological polar surface area (TPSA) is 38.3 Å². The standard InChI is InChI=1S/C17H18ClNO2S/c1-12(22-16-6-4-3-5-15(16)18)17(20)19-11-13-7-9-14(21-2)10-8-13/h3-10,12H,11H2,1-2H3,(H,19,20). The van der Waals surface area contributed by atoms with Gasteiger partial charge in [-0.3, -0.25) is 4.79 Å². The number of ether oxygens (including phenoxy) is 1. The van der Waals surface area contributed by atoms with Crippen molar-refractivity contribution in [3.05, 3.63) is 59.1 Å². The number of halogens is 1. The highest BCUT2D eigenvalue weighted by Crippen LogP contribution is 2.30. The lowest BCUT2D eigenvalue weighted by molar-refractivity contribution is -0.120. The Kier molecular flexibility index (Phi) is 6.16. The first-order valence-corrected chi connectivity index (χ1v) is 8.17. The Morgan fingerprint density at radius 3 is 2.55 bits per heavy atom. The molecule has 2 rings (SSSR count). The van der Waals surface area contributed by atoms with E-state index in [1.54, 1.807) is 7.11 Å². The van der Waals surface area contributed by atoms with Crippen LogP contribution < -0.4 is 10.1 Å². The smallest absolute Gasteiger partial charge is 0.233 e. The van der Waals surface area contributed by atoms with Gasteiger partial charge in [0.1, 0.15) is 5.75 Å². The summed E-state index contributed by atoms with van der Waals surface area (Å²) < 4.78 is 5.11. The Bertz CT molecular complexity index is 631. The van der Waals surface area contributed by atoms with Crippen LogP contribution in [0, 0.1) is 0 Å². The van der Waals surface area contributed by atoms with E-state index < -0.39 is 0 Å². The van der Waals surface area contributed by atoms with Crippen LogP contribution in [0.3, 0.4) is 0 Å². The molecule has 2 aromatic rings. The zero-order valence-electron chi connectivity index (χ0n) is 12.5. The first-order chi connectivity index (χ1) is 10.6. The third-order valence-electron chi connectivity index (χ3n) is 3.14. The molecule has 0 aromatic heterocycles. The molecule has 1 amide bonds. The minimum Gasteiger partial charge on any atom is -0.497 e. The molecule has 22 heavy (non-hydrogen) atoms. The summed E-state index contributed by atoms with van der Waals surface area (Å²) in [6.07, 6.45) is 0. The largest absolute Gasteiger partial charge is 0.497 e. The lowest BCUT2D eigenvalue weighted by Gasteiger charge is -2.13. The number of hydrogen-bond donors (Lipinski definition) is 1. The molecule has 0 aliphatic heterocycles. The second-order valence-corrected chi connectivity index (χ2v) is 6.55. The van der Waals surface area contributed by atoms with E-state index in [0.29, 0.717) is 11.6 Å². The Morgan fingerprint density at radius 1 is 1.23 bits per heavy atom. The summed E-state index contributed by atoms with van der Waals surface area (Å²) in [7, 11) is 1.63. The van der Waals surface area contributed by atoms with E-state index >= 15 is 0 Å². The Morgan fingerprint density at radius 2 is 1.91 bits per heavy atom. The first kappa shape index (κ1) is 16.7. The summed E-state index contributed by atoms with van der Waals surface area (Å²) in [5, 5.41) is 3.39. The summed E-state index contributed by atoms with van der Waals surface area (Å²) in [5.74, 6) is 0.790. The minimum absolute atomic E-state index is 0.0132. The van der Waals surface area contributed by atoms with Crippen LogP contribution in [0.25, 0.3) is 0 Å². The molecule has 1 N–H and O–H groups in total. The molecular formula is C17H18ClNO2S. The summed E-state index contributed by atoms with van der Waals surface area (Å²) in [5.41, 5.74) is 1.03. The van der Waals surface area contributed by atoms with Gasteiger partial charge < -0.3 is 10.1 Å². The van der Waals surface area contributed by atoms with Crippen molar-refractivity contribution in [3.63, 3.8) is 0 Å². The van der Waals surface area contributed by atoms with Gasteiger partial charge in [-0.2, -0.15) is 0 Å². The van der Waals surface area contributed by atoms with Crippen LogP contribution in [0.15, 0.2) is 53.4 Å². The van der Waals surface area contributed by atoms with E-state index in [0.717, 1.165) is 16.2 Å². The van der Waals surface area contributed by atoms with Crippen molar-refractivity contribution < 1.29 is 9.53 Å². The third-order valence-corrected chi connectivity index (χ3v) is 4.75. The van der Waals surface area contributed by atoms with Gasteiger partial charge >= 0.3 is 0 Å². The fraction of sp³-hybridized carbons (Fsp3) is 0.235. The number of carbonyl (C=O) groups is 1. The van der Waals surface area contributed by atoms with Gasteiger partial charge in [-0.15, -0.1) is 11.8 Å². The van der Waals surface area contributed by atoms with Crippen molar-refractivity contribution >= 4 is 29.3 Å². The molecule has 0 bridgehead atoms. The highest BCUT2D eigenvalue weighted by molar-refractivity contribution is 8.00. The van der Waals surface area contributed by atoms with Crippen LogP contribution >= 0.6 is 23.4 Å². The van der Waals surface area contributed by atoms with E-state index in [9.17, 15) is 4.79 Å². The molecule has 1 atom stereocenters. The van der Waals surface area contributed by atoms with Crippen molar-refractivity contribution in [2.75, 3.05) is 7.11 Å². The first-order valence-electron chi connectivity index (χ1n) is 6.92. The van der Waals surface area contributed by atoms with Gasteiger partial charge in [0.05, 0.1) is 17.4 Å². The number of thioether (sulfide) groups is 1. The van der Waals surface area contributed by atoms with Crippen molar-refractivity contribution in [2.24, 2.45) is 0 Å². The fourth-order valence-electron chi connectivity index (χ4n) is 1.86. The highest BCUT2D eigenvalue weighted by atomic mass is 35.5. The van der Waals surface area contributed by atoms with E-state index in [4.69, 9.17) is 16.3 Å². The maximum absolute atomic E-state index is 12.2. The van der Waals surface area contributed by atoms with Crippen molar-refractivity contribution in [3.8, 4) is 5.75 Å². The minimum atomic E-state index is -0.210. The number of hydrogen-bond acceptors (Lipinski definition) is 3. The van der Waals surface area contributed by atoms with Crippen LogP contribution in [0.5, 0.6) is 5.75 Å². The number of amides is 1. The van der Waals surface area contributed by atoms with Gasteiger partial charge in [0.25, 0.3) is 0 Å².